The third kappa shape index (κ3) is 3.98. The van der Waals surface area contributed by atoms with Crippen LogP contribution in [0.3, 0.4) is 0 Å². The lowest BCUT2D eigenvalue weighted by atomic mass is 10.1. The minimum Gasteiger partial charge on any atom is -0.497 e. The van der Waals surface area contributed by atoms with E-state index in [0.717, 1.165) is 16.5 Å². The summed E-state index contributed by atoms with van der Waals surface area (Å²) in [6, 6.07) is 13.5. The zero-order valence-corrected chi connectivity index (χ0v) is 16.5. The number of rotatable bonds is 7. The highest BCUT2D eigenvalue weighted by molar-refractivity contribution is 6.05. The van der Waals surface area contributed by atoms with Gasteiger partial charge in [-0.2, -0.15) is 0 Å². The van der Waals surface area contributed by atoms with E-state index < -0.39 is 12.1 Å². The topological polar surface area (TPSA) is 104 Å². The zero-order valence-electron chi connectivity index (χ0n) is 16.5. The highest BCUT2D eigenvalue weighted by atomic mass is 16.5. The molecule has 0 radical (unpaired) electrons. The first kappa shape index (κ1) is 19.5. The van der Waals surface area contributed by atoms with Crippen LogP contribution in [0.1, 0.15) is 18.4 Å². The van der Waals surface area contributed by atoms with E-state index in [-0.39, 0.29) is 31.2 Å². The van der Waals surface area contributed by atoms with Crippen LogP contribution < -0.4 is 15.4 Å². The van der Waals surface area contributed by atoms with Crippen molar-refractivity contribution in [3.05, 3.63) is 60.3 Å². The van der Waals surface area contributed by atoms with Crippen LogP contribution >= 0.6 is 0 Å². The predicted octanol–water partition coefficient (Wildman–Crippen LogP) is 3.02. The second-order valence-corrected chi connectivity index (χ2v) is 7.11. The number of carbonyl (C=O) groups excluding carboxylic acids is 3. The molecule has 154 valence electrons. The molecule has 2 heterocycles. The smallest absolute Gasteiger partial charge is 0.325 e. The third-order valence-electron chi connectivity index (χ3n) is 5.14. The summed E-state index contributed by atoms with van der Waals surface area (Å²) >= 11 is 0. The number of benzene rings is 2. The first-order valence-corrected chi connectivity index (χ1v) is 9.66. The summed E-state index contributed by atoms with van der Waals surface area (Å²) in [5.74, 6) is 0.172. The van der Waals surface area contributed by atoms with Crippen LogP contribution in [-0.2, 0) is 16.1 Å². The minimum atomic E-state index is -0.704. The molecular formula is C22H22N4O4. The van der Waals surface area contributed by atoms with E-state index in [1.165, 1.54) is 4.90 Å². The Morgan fingerprint density at radius 2 is 1.93 bits per heavy atom. The lowest BCUT2D eigenvalue weighted by Crippen LogP contribution is -2.31. The Morgan fingerprint density at radius 1 is 1.13 bits per heavy atom. The van der Waals surface area contributed by atoms with Crippen LogP contribution in [-0.4, -0.2) is 40.9 Å². The Hall–Kier alpha value is -3.81. The second kappa shape index (κ2) is 8.28. The van der Waals surface area contributed by atoms with E-state index in [0.29, 0.717) is 11.4 Å². The average molecular weight is 406 g/mol. The molecule has 3 N–H and O–H groups in total. The van der Waals surface area contributed by atoms with Gasteiger partial charge in [-0.05, 0) is 42.3 Å². The van der Waals surface area contributed by atoms with Gasteiger partial charge in [-0.1, -0.05) is 18.2 Å². The zero-order chi connectivity index (χ0) is 21.1. The van der Waals surface area contributed by atoms with Gasteiger partial charge in [0, 0.05) is 23.5 Å². The van der Waals surface area contributed by atoms with Crippen molar-refractivity contribution in [2.75, 3.05) is 12.4 Å². The number of hydrogen-bond donors (Lipinski definition) is 3. The molecule has 0 spiro atoms. The van der Waals surface area contributed by atoms with Crippen LogP contribution in [0.15, 0.2) is 54.7 Å². The number of aromatic nitrogens is 1. The summed E-state index contributed by atoms with van der Waals surface area (Å²) in [6.07, 6.45) is 2.16. The van der Waals surface area contributed by atoms with Crippen molar-refractivity contribution in [1.82, 2.24) is 15.2 Å². The maximum absolute atomic E-state index is 12.6. The molecule has 1 atom stereocenters. The number of hydrogen-bond acceptors (Lipinski definition) is 4. The van der Waals surface area contributed by atoms with Crippen molar-refractivity contribution in [2.24, 2.45) is 0 Å². The Kier molecular flexibility index (Phi) is 5.38. The molecule has 4 rings (SSSR count). The van der Waals surface area contributed by atoms with E-state index in [2.05, 4.69) is 15.6 Å². The molecule has 30 heavy (non-hydrogen) atoms. The Morgan fingerprint density at radius 3 is 2.70 bits per heavy atom. The van der Waals surface area contributed by atoms with E-state index in [9.17, 15) is 14.4 Å². The molecule has 0 aliphatic carbocycles. The predicted molar refractivity (Wildman–Crippen MR) is 112 cm³/mol. The molecule has 0 saturated carbocycles. The number of ether oxygens (including phenoxy) is 1. The van der Waals surface area contributed by atoms with Crippen molar-refractivity contribution in [3.8, 4) is 5.75 Å². The number of fused-ring (bicyclic) bond motifs is 1. The van der Waals surface area contributed by atoms with Crippen molar-refractivity contribution in [3.63, 3.8) is 0 Å². The number of methoxy groups -OCH3 is 1. The highest BCUT2D eigenvalue weighted by Crippen LogP contribution is 2.23. The molecule has 1 aliphatic rings. The van der Waals surface area contributed by atoms with Crippen molar-refractivity contribution in [1.29, 1.82) is 0 Å². The van der Waals surface area contributed by atoms with E-state index in [4.69, 9.17) is 4.74 Å². The Balaban J connectivity index is 1.33. The number of carbonyl (C=O) groups is 3. The summed E-state index contributed by atoms with van der Waals surface area (Å²) in [7, 11) is 1.58. The fourth-order valence-corrected chi connectivity index (χ4v) is 3.52. The van der Waals surface area contributed by atoms with Gasteiger partial charge in [-0.25, -0.2) is 4.79 Å². The number of nitrogens with one attached hydrogen (secondary N) is 3. The first-order valence-electron chi connectivity index (χ1n) is 9.66. The molecule has 3 aromatic rings. The van der Waals surface area contributed by atoms with Crippen LogP contribution in [0.25, 0.3) is 10.9 Å². The van der Waals surface area contributed by atoms with Crippen LogP contribution in [0, 0.1) is 0 Å². The minimum absolute atomic E-state index is 0.119. The number of nitrogens with zero attached hydrogens (tertiary/aromatic N) is 1. The standard InChI is InChI=1S/C22H22N4O4/c1-30-15-7-5-14(6-8-15)13-26-21(28)19(25-22(26)29)9-10-20(27)24-18-4-2-3-17-16(18)11-12-23-17/h2-8,11-12,19,23H,9-10,13H2,1H3,(H,24,27)(H,25,29)/t19-/m1/s1. The van der Waals surface area contributed by atoms with Crippen molar-refractivity contribution >= 4 is 34.4 Å². The maximum Gasteiger partial charge on any atom is 0.325 e. The Labute approximate surface area is 173 Å². The van der Waals surface area contributed by atoms with E-state index in [1.807, 2.05) is 42.6 Å². The molecule has 4 amide bonds. The van der Waals surface area contributed by atoms with Gasteiger partial charge in [0.05, 0.1) is 19.3 Å². The summed E-state index contributed by atoms with van der Waals surface area (Å²) < 4.78 is 5.11. The summed E-state index contributed by atoms with van der Waals surface area (Å²) in [4.78, 5) is 41.5. The van der Waals surface area contributed by atoms with E-state index >= 15 is 0 Å². The van der Waals surface area contributed by atoms with E-state index in [1.54, 1.807) is 19.2 Å². The Bertz CT molecular complexity index is 1090. The van der Waals surface area contributed by atoms with Gasteiger partial charge < -0.3 is 20.4 Å². The fraction of sp³-hybridized carbons (Fsp3) is 0.227. The quantitative estimate of drug-likeness (QED) is 0.525. The highest BCUT2D eigenvalue weighted by Gasteiger charge is 2.37. The monoisotopic (exact) mass is 406 g/mol. The number of anilines is 1. The summed E-state index contributed by atoms with van der Waals surface area (Å²) in [6.45, 7) is 0.173. The molecule has 0 unspecified atom stereocenters. The van der Waals surface area contributed by atoms with Gasteiger partial charge in [0.25, 0.3) is 5.91 Å². The van der Waals surface area contributed by atoms with Crippen LogP contribution in [0.5, 0.6) is 5.75 Å². The van der Waals surface area contributed by atoms with Gasteiger partial charge in [-0.15, -0.1) is 0 Å². The molecular weight excluding hydrogens is 384 g/mol. The first-order chi connectivity index (χ1) is 14.5. The SMILES string of the molecule is COc1ccc(CN2C(=O)N[C@H](CCC(=O)Nc3cccc4[nH]ccc34)C2=O)cc1. The number of aromatic amines is 1. The number of H-pyrrole nitrogens is 1. The molecule has 1 saturated heterocycles. The van der Waals surface area contributed by atoms with Gasteiger partial charge in [0.2, 0.25) is 5.91 Å². The number of imide groups is 1. The maximum atomic E-state index is 12.6. The van der Waals surface area contributed by atoms with Gasteiger partial charge >= 0.3 is 6.03 Å². The molecule has 8 nitrogen and oxygen atoms in total. The van der Waals surface area contributed by atoms with Gasteiger partial charge in [0.1, 0.15) is 11.8 Å². The summed E-state index contributed by atoms with van der Waals surface area (Å²) in [5, 5.41) is 6.46. The molecule has 1 aromatic heterocycles. The van der Waals surface area contributed by atoms with Crippen molar-refractivity contribution < 1.29 is 19.1 Å². The van der Waals surface area contributed by atoms with Crippen LogP contribution in [0.2, 0.25) is 0 Å². The van der Waals surface area contributed by atoms with Crippen LogP contribution in [0.4, 0.5) is 10.5 Å². The molecule has 1 fully saturated rings. The lowest BCUT2D eigenvalue weighted by Gasteiger charge is -2.13. The number of urea groups is 1. The fourth-order valence-electron chi connectivity index (χ4n) is 3.52. The third-order valence-corrected chi connectivity index (χ3v) is 5.14. The summed E-state index contributed by atoms with van der Waals surface area (Å²) in [5.41, 5.74) is 2.46. The second-order valence-electron chi connectivity index (χ2n) is 7.11. The van der Waals surface area contributed by atoms with Crippen molar-refractivity contribution in [2.45, 2.75) is 25.4 Å². The lowest BCUT2D eigenvalue weighted by molar-refractivity contribution is -0.128. The van der Waals surface area contributed by atoms with Gasteiger partial charge in [-0.3, -0.25) is 14.5 Å². The average Bonchev–Trinajstić information content (AvgIpc) is 3.34. The van der Waals surface area contributed by atoms with Gasteiger partial charge in [0.15, 0.2) is 0 Å². The molecule has 2 aromatic carbocycles. The molecule has 0 bridgehead atoms. The molecule has 1 aliphatic heterocycles. The normalized spacial score (nSPS) is 16.0. The number of amides is 4. The largest absolute Gasteiger partial charge is 0.497 e. The molecule has 8 heteroatoms.